The molecular weight excluding hydrogens is 238 g/mol. The Kier molecular flexibility index (Phi) is 4.26. The minimum Gasteiger partial charge on any atom is -0.336 e. The van der Waals surface area contributed by atoms with E-state index in [1.165, 1.54) is 51.6 Å². The zero-order chi connectivity index (χ0) is 13.1. The first-order chi connectivity index (χ1) is 9.33. The monoisotopic (exact) mass is 265 g/mol. The van der Waals surface area contributed by atoms with Crippen LogP contribution in [0.5, 0.6) is 0 Å². The third kappa shape index (κ3) is 3.22. The maximum atomic E-state index is 11.5. The molecule has 1 atom stereocenters. The fourth-order valence-corrected chi connectivity index (χ4v) is 4.09. The molecule has 2 aliphatic heterocycles. The van der Waals surface area contributed by atoms with E-state index in [4.69, 9.17) is 0 Å². The lowest BCUT2D eigenvalue weighted by Crippen LogP contribution is -2.42. The summed E-state index contributed by atoms with van der Waals surface area (Å²) < 4.78 is 0. The van der Waals surface area contributed by atoms with Crippen LogP contribution in [0, 0.1) is 11.8 Å². The van der Waals surface area contributed by atoms with Crippen molar-refractivity contribution in [1.82, 2.24) is 15.1 Å². The van der Waals surface area contributed by atoms with Crippen LogP contribution < -0.4 is 5.32 Å². The molecule has 4 nitrogen and oxygen atoms in total. The maximum absolute atomic E-state index is 11.5. The Balaban J connectivity index is 1.44. The standard InChI is InChI=1S/C15H27N3O/c19-15-16-7-9-18(15)11-10-17-8-3-6-14(12-17)13-4-1-2-5-13/h13-14H,1-12H2,(H,16,19). The van der Waals surface area contributed by atoms with Gasteiger partial charge in [-0.3, -0.25) is 0 Å². The summed E-state index contributed by atoms with van der Waals surface area (Å²) in [6.07, 6.45) is 8.63. The third-order valence-electron chi connectivity index (χ3n) is 5.24. The highest BCUT2D eigenvalue weighted by Gasteiger charge is 2.29. The molecule has 2 amide bonds. The highest BCUT2D eigenvalue weighted by Crippen LogP contribution is 2.35. The summed E-state index contributed by atoms with van der Waals surface area (Å²) in [6.45, 7) is 6.20. The van der Waals surface area contributed by atoms with Crippen molar-refractivity contribution < 1.29 is 4.79 Å². The fourth-order valence-electron chi connectivity index (χ4n) is 4.09. The number of nitrogens with one attached hydrogen (secondary N) is 1. The number of urea groups is 1. The van der Waals surface area contributed by atoms with E-state index in [2.05, 4.69) is 10.2 Å². The topological polar surface area (TPSA) is 35.6 Å². The van der Waals surface area contributed by atoms with Crippen LogP contribution >= 0.6 is 0 Å². The van der Waals surface area contributed by atoms with Gasteiger partial charge in [0.1, 0.15) is 0 Å². The number of carbonyl (C=O) groups excluding carboxylic acids is 1. The Morgan fingerprint density at radius 2 is 1.79 bits per heavy atom. The van der Waals surface area contributed by atoms with Gasteiger partial charge in [-0.25, -0.2) is 4.79 Å². The molecule has 0 aromatic carbocycles. The van der Waals surface area contributed by atoms with E-state index in [0.29, 0.717) is 0 Å². The number of hydrogen-bond acceptors (Lipinski definition) is 2. The molecular formula is C15H27N3O. The zero-order valence-electron chi connectivity index (χ0n) is 11.9. The second-order valence-electron chi connectivity index (χ2n) is 6.47. The van der Waals surface area contributed by atoms with Gasteiger partial charge in [0.15, 0.2) is 0 Å². The lowest BCUT2D eigenvalue weighted by Gasteiger charge is -2.36. The van der Waals surface area contributed by atoms with Crippen LogP contribution in [-0.4, -0.2) is 55.1 Å². The van der Waals surface area contributed by atoms with Gasteiger partial charge in [0, 0.05) is 32.7 Å². The molecule has 0 aromatic heterocycles. The van der Waals surface area contributed by atoms with Gasteiger partial charge in [-0.1, -0.05) is 25.7 Å². The van der Waals surface area contributed by atoms with E-state index in [1.54, 1.807) is 0 Å². The number of nitrogens with zero attached hydrogens (tertiary/aromatic N) is 2. The number of rotatable bonds is 4. The Morgan fingerprint density at radius 1 is 1.00 bits per heavy atom. The van der Waals surface area contributed by atoms with Crippen molar-refractivity contribution in [2.24, 2.45) is 11.8 Å². The quantitative estimate of drug-likeness (QED) is 0.843. The van der Waals surface area contributed by atoms with Gasteiger partial charge in [-0.15, -0.1) is 0 Å². The molecule has 108 valence electrons. The van der Waals surface area contributed by atoms with Crippen molar-refractivity contribution in [3.63, 3.8) is 0 Å². The number of hydrogen-bond donors (Lipinski definition) is 1. The van der Waals surface area contributed by atoms with Crippen molar-refractivity contribution in [1.29, 1.82) is 0 Å². The summed E-state index contributed by atoms with van der Waals surface area (Å²) >= 11 is 0. The summed E-state index contributed by atoms with van der Waals surface area (Å²) in [7, 11) is 0. The highest BCUT2D eigenvalue weighted by atomic mass is 16.2. The van der Waals surface area contributed by atoms with Crippen LogP contribution in [0.4, 0.5) is 4.79 Å². The Morgan fingerprint density at radius 3 is 2.53 bits per heavy atom. The molecule has 0 bridgehead atoms. The first kappa shape index (κ1) is 13.2. The average Bonchev–Trinajstić information content (AvgIpc) is 3.08. The zero-order valence-corrected chi connectivity index (χ0v) is 11.9. The molecule has 0 radical (unpaired) electrons. The smallest absolute Gasteiger partial charge is 0.317 e. The van der Waals surface area contributed by atoms with Crippen LogP contribution in [0.2, 0.25) is 0 Å². The second kappa shape index (κ2) is 6.12. The molecule has 2 heterocycles. The summed E-state index contributed by atoms with van der Waals surface area (Å²) in [5.74, 6) is 1.93. The normalized spacial score (nSPS) is 30.0. The summed E-state index contributed by atoms with van der Waals surface area (Å²) in [5, 5.41) is 2.88. The molecule has 1 aliphatic carbocycles. The highest BCUT2D eigenvalue weighted by molar-refractivity contribution is 5.76. The van der Waals surface area contributed by atoms with Crippen molar-refractivity contribution >= 4 is 6.03 Å². The van der Waals surface area contributed by atoms with Crippen molar-refractivity contribution in [2.45, 2.75) is 38.5 Å². The van der Waals surface area contributed by atoms with Crippen molar-refractivity contribution in [2.75, 3.05) is 39.3 Å². The predicted octanol–water partition coefficient (Wildman–Crippen LogP) is 1.91. The minimum absolute atomic E-state index is 0.129. The van der Waals surface area contributed by atoms with Crippen molar-refractivity contribution in [3.05, 3.63) is 0 Å². The Hall–Kier alpha value is -0.770. The molecule has 3 aliphatic rings. The minimum atomic E-state index is 0.129. The summed E-state index contributed by atoms with van der Waals surface area (Å²) in [6, 6.07) is 0.129. The molecule has 0 aromatic rings. The second-order valence-corrected chi connectivity index (χ2v) is 6.47. The molecule has 1 saturated carbocycles. The van der Waals surface area contributed by atoms with Crippen molar-refractivity contribution in [3.8, 4) is 0 Å². The Bertz CT molecular complexity index is 315. The van der Waals surface area contributed by atoms with E-state index in [9.17, 15) is 4.79 Å². The number of amides is 2. The molecule has 3 rings (SSSR count). The molecule has 1 N–H and O–H groups in total. The first-order valence-corrected chi connectivity index (χ1v) is 8.08. The van der Waals surface area contributed by atoms with Crippen LogP contribution in [0.1, 0.15) is 38.5 Å². The predicted molar refractivity (Wildman–Crippen MR) is 76.1 cm³/mol. The molecule has 3 fully saturated rings. The SMILES string of the molecule is O=C1NCCN1CCN1CCCC(C2CCCC2)C1. The largest absolute Gasteiger partial charge is 0.336 e. The van der Waals surface area contributed by atoms with E-state index >= 15 is 0 Å². The number of carbonyl (C=O) groups is 1. The van der Waals surface area contributed by atoms with Crippen LogP contribution in [0.15, 0.2) is 0 Å². The summed E-state index contributed by atoms with van der Waals surface area (Å²) in [5.41, 5.74) is 0. The van der Waals surface area contributed by atoms with E-state index in [1.807, 2.05) is 4.90 Å². The number of likely N-dealkylation sites (tertiary alicyclic amines) is 1. The maximum Gasteiger partial charge on any atom is 0.317 e. The lowest BCUT2D eigenvalue weighted by atomic mass is 9.84. The Labute approximate surface area is 116 Å². The van der Waals surface area contributed by atoms with Crippen LogP contribution in [-0.2, 0) is 0 Å². The van der Waals surface area contributed by atoms with Gasteiger partial charge in [0.25, 0.3) is 0 Å². The van der Waals surface area contributed by atoms with Gasteiger partial charge < -0.3 is 15.1 Å². The molecule has 19 heavy (non-hydrogen) atoms. The first-order valence-electron chi connectivity index (χ1n) is 8.08. The third-order valence-corrected chi connectivity index (χ3v) is 5.24. The van der Waals surface area contributed by atoms with Gasteiger partial charge in [0.05, 0.1) is 0 Å². The number of piperidine rings is 1. The van der Waals surface area contributed by atoms with Gasteiger partial charge in [-0.2, -0.15) is 0 Å². The van der Waals surface area contributed by atoms with Crippen LogP contribution in [0.3, 0.4) is 0 Å². The van der Waals surface area contributed by atoms with E-state index in [0.717, 1.165) is 38.0 Å². The molecule has 0 spiro atoms. The fraction of sp³-hybridized carbons (Fsp3) is 0.933. The van der Waals surface area contributed by atoms with Crippen LogP contribution in [0.25, 0.3) is 0 Å². The summed E-state index contributed by atoms with van der Waals surface area (Å²) in [4.78, 5) is 16.1. The van der Waals surface area contributed by atoms with Gasteiger partial charge >= 0.3 is 6.03 Å². The molecule has 4 heteroatoms. The van der Waals surface area contributed by atoms with Gasteiger partial charge in [0.2, 0.25) is 0 Å². The average molecular weight is 265 g/mol. The van der Waals surface area contributed by atoms with Gasteiger partial charge in [-0.05, 0) is 31.2 Å². The van der Waals surface area contributed by atoms with E-state index < -0.39 is 0 Å². The molecule has 1 unspecified atom stereocenters. The lowest BCUT2D eigenvalue weighted by molar-refractivity contribution is 0.126. The van der Waals surface area contributed by atoms with E-state index in [-0.39, 0.29) is 6.03 Å². The molecule has 2 saturated heterocycles.